The third-order valence-electron chi connectivity index (χ3n) is 4.81. The molecule has 0 amide bonds. The van der Waals surface area contributed by atoms with Crippen LogP contribution in [0.1, 0.15) is 29.5 Å². The Labute approximate surface area is 135 Å². The first-order chi connectivity index (χ1) is 10.8. The number of rotatable bonds is 2. The van der Waals surface area contributed by atoms with Crippen molar-refractivity contribution in [1.82, 2.24) is 0 Å². The van der Waals surface area contributed by atoms with Crippen molar-refractivity contribution < 1.29 is 4.74 Å². The predicted octanol–water partition coefficient (Wildman–Crippen LogP) is 5.18. The fourth-order valence-electron chi connectivity index (χ4n) is 3.80. The first-order valence-corrected chi connectivity index (χ1v) is 8.02. The predicted molar refractivity (Wildman–Crippen MR) is 90.8 cm³/mol. The molecule has 4 rings (SSSR count). The summed E-state index contributed by atoms with van der Waals surface area (Å²) >= 11 is 6.50. The Morgan fingerprint density at radius 2 is 1.95 bits per heavy atom. The number of hydrogen-bond acceptors (Lipinski definition) is 2. The molecule has 0 bridgehead atoms. The van der Waals surface area contributed by atoms with E-state index in [0.29, 0.717) is 11.8 Å². The molecule has 2 nitrogen and oxygen atoms in total. The van der Waals surface area contributed by atoms with Crippen molar-refractivity contribution in [2.24, 2.45) is 5.92 Å². The second-order valence-corrected chi connectivity index (χ2v) is 6.33. The molecule has 1 heterocycles. The van der Waals surface area contributed by atoms with Gasteiger partial charge in [0.2, 0.25) is 0 Å². The van der Waals surface area contributed by atoms with Gasteiger partial charge in [0.25, 0.3) is 0 Å². The first-order valence-electron chi connectivity index (χ1n) is 7.64. The molecule has 112 valence electrons. The van der Waals surface area contributed by atoms with Crippen molar-refractivity contribution >= 4 is 17.3 Å². The molecule has 1 aliphatic heterocycles. The lowest BCUT2D eigenvalue weighted by Gasteiger charge is -2.38. The lowest BCUT2D eigenvalue weighted by atomic mass is 9.77. The molecule has 2 aromatic carbocycles. The van der Waals surface area contributed by atoms with E-state index >= 15 is 0 Å². The highest BCUT2D eigenvalue weighted by atomic mass is 35.5. The average molecular weight is 312 g/mol. The van der Waals surface area contributed by atoms with E-state index in [2.05, 4.69) is 47.8 Å². The van der Waals surface area contributed by atoms with Gasteiger partial charge in [0.05, 0.1) is 18.8 Å². The molecule has 0 spiro atoms. The molecule has 0 unspecified atom stereocenters. The molecule has 0 fully saturated rings. The number of methoxy groups -OCH3 is 1. The van der Waals surface area contributed by atoms with Gasteiger partial charge in [-0.05, 0) is 30.0 Å². The molecule has 0 radical (unpaired) electrons. The summed E-state index contributed by atoms with van der Waals surface area (Å²) < 4.78 is 5.56. The summed E-state index contributed by atoms with van der Waals surface area (Å²) in [5.74, 6) is 1.71. The molecule has 0 aromatic heterocycles. The van der Waals surface area contributed by atoms with Crippen molar-refractivity contribution in [3.63, 3.8) is 0 Å². The maximum atomic E-state index is 6.50. The second-order valence-electron chi connectivity index (χ2n) is 5.92. The number of hydrogen-bond donors (Lipinski definition) is 1. The van der Waals surface area contributed by atoms with Crippen LogP contribution in [0.25, 0.3) is 0 Å². The molecule has 2 aromatic rings. The van der Waals surface area contributed by atoms with E-state index in [0.717, 1.165) is 22.9 Å². The number of allylic oxidation sites excluding steroid dienone is 2. The molecule has 3 heteroatoms. The van der Waals surface area contributed by atoms with Crippen molar-refractivity contribution in [2.45, 2.75) is 18.4 Å². The van der Waals surface area contributed by atoms with Crippen molar-refractivity contribution in [3.8, 4) is 5.75 Å². The highest BCUT2D eigenvalue weighted by molar-refractivity contribution is 6.32. The Morgan fingerprint density at radius 1 is 1.14 bits per heavy atom. The van der Waals surface area contributed by atoms with Crippen LogP contribution in [-0.2, 0) is 0 Å². The van der Waals surface area contributed by atoms with Crippen LogP contribution in [0, 0.1) is 5.92 Å². The maximum absolute atomic E-state index is 6.50. The van der Waals surface area contributed by atoms with E-state index < -0.39 is 0 Å². The van der Waals surface area contributed by atoms with E-state index in [1.165, 1.54) is 11.1 Å². The SMILES string of the molecule is COc1ccc(Cl)c2c1N[C@H](c1ccccc1)[C@@H]1CC=C[C@H]21. The third kappa shape index (κ3) is 2.02. The maximum Gasteiger partial charge on any atom is 0.142 e. The van der Waals surface area contributed by atoms with Crippen LogP contribution in [0.15, 0.2) is 54.6 Å². The molecular weight excluding hydrogens is 294 g/mol. The minimum atomic E-state index is 0.279. The van der Waals surface area contributed by atoms with Crippen molar-refractivity contribution in [3.05, 3.63) is 70.8 Å². The van der Waals surface area contributed by atoms with E-state index in [9.17, 15) is 0 Å². The molecule has 1 N–H and O–H groups in total. The number of halogens is 1. The minimum absolute atomic E-state index is 0.279. The van der Waals surface area contributed by atoms with Gasteiger partial charge in [-0.3, -0.25) is 0 Å². The minimum Gasteiger partial charge on any atom is -0.495 e. The van der Waals surface area contributed by atoms with Gasteiger partial charge in [-0.15, -0.1) is 0 Å². The van der Waals surface area contributed by atoms with Crippen LogP contribution in [-0.4, -0.2) is 7.11 Å². The van der Waals surface area contributed by atoms with Crippen LogP contribution >= 0.6 is 11.6 Å². The lowest BCUT2D eigenvalue weighted by molar-refractivity contribution is 0.397. The Kier molecular flexibility index (Phi) is 3.34. The summed E-state index contributed by atoms with van der Waals surface area (Å²) in [6, 6.07) is 14.8. The van der Waals surface area contributed by atoms with Crippen molar-refractivity contribution in [2.75, 3.05) is 12.4 Å². The third-order valence-corrected chi connectivity index (χ3v) is 5.14. The van der Waals surface area contributed by atoms with Crippen LogP contribution in [0.4, 0.5) is 5.69 Å². The summed E-state index contributed by atoms with van der Waals surface area (Å²) in [6.07, 6.45) is 5.65. The highest BCUT2D eigenvalue weighted by Gasteiger charge is 2.40. The van der Waals surface area contributed by atoms with Crippen LogP contribution in [0.5, 0.6) is 5.75 Å². The lowest BCUT2D eigenvalue weighted by Crippen LogP contribution is -2.29. The van der Waals surface area contributed by atoms with E-state index in [-0.39, 0.29) is 6.04 Å². The van der Waals surface area contributed by atoms with Gasteiger partial charge in [0.15, 0.2) is 0 Å². The van der Waals surface area contributed by atoms with E-state index in [1.54, 1.807) is 7.11 Å². The van der Waals surface area contributed by atoms with Crippen LogP contribution < -0.4 is 10.1 Å². The molecule has 3 atom stereocenters. The number of anilines is 1. The van der Waals surface area contributed by atoms with E-state index in [4.69, 9.17) is 16.3 Å². The summed E-state index contributed by atoms with van der Waals surface area (Å²) in [6.45, 7) is 0. The molecule has 0 saturated heterocycles. The highest BCUT2D eigenvalue weighted by Crippen LogP contribution is 2.54. The van der Waals surface area contributed by atoms with Gasteiger partial charge in [0, 0.05) is 16.5 Å². The summed E-state index contributed by atoms with van der Waals surface area (Å²) in [4.78, 5) is 0. The summed E-state index contributed by atoms with van der Waals surface area (Å²) in [5.41, 5.74) is 3.53. The average Bonchev–Trinajstić information content (AvgIpc) is 3.04. The Balaban J connectivity index is 1.87. The number of nitrogens with one attached hydrogen (secondary N) is 1. The standard InChI is InChI=1S/C19H18ClNO/c1-22-16-11-10-15(20)17-13-8-5-9-14(13)18(21-19(16)17)12-6-3-2-4-7-12/h2-8,10-11,13-14,18,21H,9H2,1H3/t13-,14+,18+/m0/s1. The van der Waals surface area contributed by atoms with Gasteiger partial charge >= 0.3 is 0 Å². The molecule has 1 aliphatic carbocycles. The fraction of sp³-hybridized carbons (Fsp3) is 0.263. The smallest absolute Gasteiger partial charge is 0.142 e. The topological polar surface area (TPSA) is 21.3 Å². The Bertz CT molecular complexity index is 726. The summed E-state index contributed by atoms with van der Waals surface area (Å²) in [7, 11) is 1.71. The zero-order chi connectivity index (χ0) is 15.1. The van der Waals surface area contributed by atoms with E-state index in [1.807, 2.05) is 12.1 Å². The largest absolute Gasteiger partial charge is 0.495 e. The van der Waals surface area contributed by atoms with Gasteiger partial charge in [-0.2, -0.15) is 0 Å². The van der Waals surface area contributed by atoms with Gasteiger partial charge in [-0.1, -0.05) is 54.1 Å². The number of benzene rings is 2. The van der Waals surface area contributed by atoms with Gasteiger partial charge in [0.1, 0.15) is 5.75 Å². The Morgan fingerprint density at radius 3 is 2.73 bits per heavy atom. The molecular formula is C19H18ClNO. The quantitative estimate of drug-likeness (QED) is 0.772. The number of fused-ring (bicyclic) bond motifs is 3. The summed E-state index contributed by atoms with van der Waals surface area (Å²) in [5, 5.41) is 4.51. The van der Waals surface area contributed by atoms with Crippen LogP contribution in [0.2, 0.25) is 5.02 Å². The fourth-order valence-corrected chi connectivity index (χ4v) is 4.08. The molecule has 0 saturated carbocycles. The van der Waals surface area contributed by atoms with Crippen molar-refractivity contribution in [1.29, 1.82) is 0 Å². The second kappa shape index (κ2) is 5.36. The normalized spacial score (nSPS) is 25.3. The monoisotopic (exact) mass is 311 g/mol. The van der Waals surface area contributed by atoms with Gasteiger partial charge < -0.3 is 10.1 Å². The van der Waals surface area contributed by atoms with Gasteiger partial charge in [-0.25, -0.2) is 0 Å². The Hall–Kier alpha value is -1.93. The first kappa shape index (κ1) is 13.7. The number of ether oxygens (including phenoxy) is 1. The molecule has 22 heavy (non-hydrogen) atoms. The molecule has 2 aliphatic rings. The zero-order valence-electron chi connectivity index (χ0n) is 12.4. The zero-order valence-corrected chi connectivity index (χ0v) is 13.2. The van der Waals surface area contributed by atoms with Crippen LogP contribution in [0.3, 0.4) is 0 Å².